The lowest BCUT2D eigenvalue weighted by molar-refractivity contribution is -0.156. The molecule has 0 aliphatic heterocycles. The summed E-state index contributed by atoms with van der Waals surface area (Å²) in [5.74, 6) is -2.73. The van der Waals surface area contributed by atoms with Crippen LogP contribution < -0.4 is 0 Å². The number of hydrogen-bond donors (Lipinski definition) is 2. The van der Waals surface area contributed by atoms with Crippen molar-refractivity contribution in [2.24, 2.45) is 0 Å². The molecule has 2 unspecified atom stereocenters. The minimum Gasteiger partial charge on any atom is -0.467 e. The average Bonchev–Trinajstić information content (AvgIpc) is 2.35. The first-order chi connectivity index (χ1) is 8.68. The number of aliphatic hydroxyl groups excluding tert-OH is 2. The van der Waals surface area contributed by atoms with Crippen molar-refractivity contribution in [3.63, 3.8) is 0 Å². The van der Waals surface area contributed by atoms with Crippen LogP contribution in [-0.2, 0) is 15.7 Å². The molecule has 0 saturated heterocycles. The molecule has 8 heteroatoms. The van der Waals surface area contributed by atoms with Crippen molar-refractivity contribution in [2.75, 3.05) is 7.11 Å². The zero-order valence-corrected chi connectivity index (χ0v) is 9.61. The van der Waals surface area contributed by atoms with Crippen molar-refractivity contribution in [1.82, 2.24) is 0 Å². The van der Waals surface area contributed by atoms with Gasteiger partial charge in [0.05, 0.1) is 12.7 Å². The molecule has 4 nitrogen and oxygen atoms in total. The average molecular weight is 282 g/mol. The summed E-state index contributed by atoms with van der Waals surface area (Å²) in [6, 6.07) is 1.65. The highest BCUT2D eigenvalue weighted by molar-refractivity contribution is 5.75. The van der Waals surface area contributed by atoms with E-state index in [1.165, 1.54) is 0 Å². The van der Waals surface area contributed by atoms with E-state index in [0.29, 0.717) is 12.1 Å². The molecule has 0 radical (unpaired) electrons. The number of hydrogen-bond acceptors (Lipinski definition) is 4. The van der Waals surface area contributed by atoms with Crippen LogP contribution in [0.15, 0.2) is 18.2 Å². The largest absolute Gasteiger partial charge is 0.467 e. The number of halogens is 4. The number of esters is 1. The Morgan fingerprint density at radius 1 is 1.32 bits per heavy atom. The lowest BCUT2D eigenvalue weighted by Gasteiger charge is -2.17. The van der Waals surface area contributed by atoms with Crippen LogP contribution in [0.2, 0.25) is 0 Å². The molecule has 0 fully saturated rings. The van der Waals surface area contributed by atoms with Gasteiger partial charge >= 0.3 is 12.1 Å². The smallest absolute Gasteiger partial charge is 0.419 e. The first-order valence-corrected chi connectivity index (χ1v) is 4.99. The summed E-state index contributed by atoms with van der Waals surface area (Å²) in [6.07, 6.45) is -8.96. The number of methoxy groups -OCH3 is 1. The van der Waals surface area contributed by atoms with E-state index in [-0.39, 0.29) is 0 Å². The minimum absolute atomic E-state index is 0.326. The van der Waals surface area contributed by atoms with Crippen LogP contribution >= 0.6 is 0 Å². The van der Waals surface area contributed by atoms with Gasteiger partial charge in [0.15, 0.2) is 6.10 Å². The molecular weight excluding hydrogens is 272 g/mol. The second-order valence-corrected chi connectivity index (χ2v) is 3.65. The Labute approximate surface area is 105 Å². The molecular formula is C11H10F4O4. The molecule has 1 aromatic rings. The summed E-state index contributed by atoms with van der Waals surface area (Å²) in [6.45, 7) is 0. The highest BCUT2D eigenvalue weighted by atomic mass is 19.4. The normalized spacial score (nSPS) is 14.9. The van der Waals surface area contributed by atoms with Crippen LogP contribution in [0.25, 0.3) is 0 Å². The second-order valence-electron chi connectivity index (χ2n) is 3.65. The van der Waals surface area contributed by atoms with Crippen LogP contribution in [0.3, 0.4) is 0 Å². The van der Waals surface area contributed by atoms with E-state index >= 15 is 0 Å². The molecule has 1 aromatic carbocycles. The van der Waals surface area contributed by atoms with Crippen molar-refractivity contribution in [2.45, 2.75) is 18.4 Å². The Balaban J connectivity index is 3.12. The topological polar surface area (TPSA) is 66.8 Å². The van der Waals surface area contributed by atoms with Gasteiger partial charge in [0.2, 0.25) is 0 Å². The number of carbonyl (C=O) groups excluding carboxylic acids is 1. The van der Waals surface area contributed by atoms with Crippen LogP contribution in [0.1, 0.15) is 17.2 Å². The molecule has 0 aromatic heterocycles. The van der Waals surface area contributed by atoms with Gasteiger partial charge in [-0.1, -0.05) is 6.07 Å². The fourth-order valence-electron chi connectivity index (χ4n) is 1.38. The van der Waals surface area contributed by atoms with Crippen LogP contribution in [0.5, 0.6) is 0 Å². The Bertz CT molecular complexity index is 472. The molecule has 19 heavy (non-hydrogen) atoms. The van der Waals surface area contributed by atoms with Crippen molar-refractivity contribution in [3.8, 4) is 0 Å². The fraction of sp³-hybridized carbons (Fsp3) is 0.364. The van der Waals surface area contributed by atoms with E-state index in [4.69, 9.17) is 0 Å². The molecule has 0 spiro atoms. The van der Waals surface area contributed by atoms with Gasteiger partial charge in [-0.2, -0.15) is 13.2 Å². The van der Waals surface area contributed by atoms with E-state index < -0.39 is 41.3 Å². The van der Waals surface area contributed by atoms with Crippen LogP contribution in [0, 0.1) is 5.82 Å². The number of alkyl halides is 3. The quantitative estimate of drug-likeness (QED) is 0.650. The Morgan fingerprint density at radius 2 is 1.89 bits per heavy atom. The van der Waals surface area contributed by atoms with E-state index in [9.17, 15) is 32.6 Å². The van der Waals surface area contributed by atoms with Crippen LogP contribution in [-0.4, -0.2) is 29.4 Å². The number of ether oxygens (including phenoxy) is 1. The maximum Gasteiger partial charge on any atom is 0.419 e. The summed E-state index contributed by atoms with van der Waals surface area (Å²) >= 11 is 0. The first kappa shape index (κ1) is 15.4. The van der Waals surface area contributed by atoms with Gasteiger partial charge in [-0.3, -0.25) is 0 Å². The van der Waals surface area contributed by atoms with E-state index in [0.717, 1.165) is 13.2 Å². The maximum atomic E-state index is 13.0. The molecule has 0 aliphatic rings. The molecule has 0 saturated carbocycles. The van der Waals surface area contributed by atoms with Gasteiger partial charge in [-0.25, -0.2) is 9.18 Å². The Kier molecular flexibility index (Phi) is 4.48. The lowest BCUT2D eigenvalue weighted by atomic mass is 10.0. The molecule has 106 valence electrons. The van der Waals surface area contributed by atoms with E-state index in [1.807, 2.05) is 0 Å². The summed E-state index contributed by atoms with van der Waals surface area (Å²) < 4.78 is 54.5. The molecule has 2 atom stereocenters. The summed E-state index contributed by atoms with van der Waals surface area (Å²) in [7, 11) is 0.935. The molecule has 0 bridgehead atoms. The standard InChI is InChI=1S/C11H10F4O4/c1-19-10(18)9(17)8(16)5-2-3-7(12)6(4-5)11(13,14)15/h2-4,8-9,16-17H,1H3. The lowest BCUT2D eigenvalue weighted by Crippen LogP contribution is -2.29. The van der Waals surface area contributed by atoms with Gasteiger partial charge in [0.1, 0.15) is 11.9 Å². The summed E-state index contributed by atoms with van der Waals surface area (Å²) in [5, 5.41) is 18.8. The third kappa shape index (κ3) is 3.42. The first-order valence-electron chi connectivity index (χ1n) is 4.99. The number of rotatable bonds is 3. The monoisotopic (exact) mass is 282 g/mol. The summed E-state index contributed by atoms with van der Waals surface area (Å²) in [4.78, 5) is 10.9. The molecule has 2 N–H and O–H groups in total. The van der Waals surface area contributed by atoms with Crippen LogP contribution in [0.4, 0.5) is 17.6 Å². The van der Waals surface area contributed by atoms with Crippen molar-refractivity contribution in [1.29, 1.82) is 0 Å². The zero-order valence-electron chi connectivity index (χ0n) is 9.61. The van der Waals surface area contributed by atoms with E-state index in [1.54, 1.807) is 0 Å². The van der Waals surface area contributed by atoms with E-state index in [2.05, 4.69) is 4.74 Å². The summed E-state index contributed by atoms with van der Waals surface area (Å²) in [5.41, 5.74) is -2.05. The van der Waals surface area contributed by atoms with Crippen molar-refractivity contribution >= 4 is 5.97 Å². The Hall–Kier alpha value is -1.67. The third-order valence-electron chi connectivity index (χ3n) is 2.38. The molecule has 1 rings (SSSR count). The highest BCUT2D eigenvalue weighted by Crippen LogP contribution is 2.33. The zero-order chi connectivity index (χ0) is 14.8. The van der Waals surface area contributed by atoms with Gasteiger partial charge in [0, 0.05) is 0 Å². The van der Waals surface area contributed by atoms with Gasteiger partial charge in [-0.05, 0) is 17.7 Å². The second kappa shape index (κ2) is 5.54. The predicted octanol–water partition coefficient (Wildman–Crippen LogP) is 1.41. The number of benzene rings is 1. The molecule has 0 aliphatic carbocycles. The Morgan fingerprint density at radius 3 is 2.37 bits per heavy atom. The van der Waals surface area contributed by atoms with Crippen molar-refractivity contribution in [3.05, 3.63) is 35.1 Å². The maximum absolute atomic E-state index is 13.0. The highest BCUT2D eigenvalue weighted by Gasteiger charge is 2.36. The SMILES string of the molecule is COC(=O)C(O)C(O)c1ccc(F)c(C(F)(F)F)c1. The van der Waals surface area contributed by atoms with Gasteiger partial charge < -0.3 is 14.9 Å². The molecule has 0 heterocycles. The number of carbonyl (C=O) groups is 1. The molecule has 0 amide bonds. The minimum atomic E-state index is -4.95. The predicted molar refractivity (Wildman–Crippen MR) is 54.4 cm³/mol. The van der Waals surface area contributed by atoms with Crippen molar-refractivity contribution < 1.29 is 37.3 Å². The number of aliphatic hydroxyl groups is 2. The van der Waals surface area contributed by atoms with Gasteiger partial charge in [0.25, 0.3) is 0 Å². The van der Waals surface area contributed by atoms with Gasteiger partial charge in [-0.15, -0.1) is 0 Å². The third-order valence-corrected chi connectivity index (χ3v) is 2.38. The fourth-order valence-corrected chi connectivity index (χ4v) is 1.38.